The first-order valence-corrected chi connectivity index (χ1v) is 10.4. The van der Waals surface area contributed by atoms with Crippen LogP contribution < -0.4 is 14.2 Å². The van der Waals surface area contributed by atoms with Gasteiger partial charge in [0, 0.05) is 39.3 Å². The fourth-order valence-corrected chi connectivity index (χ4v) is 3.70. The molecule has 1 aromatic rings. The molecule has 0 saturated carbocycles. The molecule has 1 heterocycles. The molecule has 3 atom stereocenters. The smallest absolute Gasteiger partial charge is 0.407 e. The van der Waals surface area contributed by atoms with E-state index in [1.165, 1.54) is 4.90 Å². The van der Waals surface area contributed by atoms with Crippen molar-refractivity contribution in [2.24, 2.45) is 17.8 Å². The van der Waals surface area contributed by atoms with Crippen molar-refractivity contribution in [3.8, 4) is 17.2 Å². The Bertz CT molecular complexity index is 738. The van der Waals surface area contributed by atoms with E-state index in [4.69, 9.17) is 18.9 Å². The van der Waals surface area contributed by atoms with E-state index in [0.29, 0.717) is 36.9 Å². The summed E-state index contributed by atoms with van der Waals surface area (Å²) in [5.74, 6) is -0.208. The van der Waals surface area contributed by atoms with Crippen LogP contribution in [0.2, 0.25) is 0 Å². The van der Waals surface area contributed by atoms with E-state index in [1.54, 1.807) is 32.4 Å². The predicted octanol–water partition coefficient (Wildman–Crippen LogP) is 3.21. The number of likely N-dealkylation sites (tertiary alicyclic amines) is 1. The normalized spacial score (nSPS) is 19.3. The van der Waals surface area contributed by atoms with Crippen LogP contribution in [0.1, 0.15) is 26.7 Å². The van der Waals surface area contributed by atoms with E-state index >= 15 is 0 Å². The fraction of sp³-hybridized carbons (Fsp3) is 0.636. The molecule has 1 aliphatic heterocycles. The van der Waals surface area contributed by atoms with Crippen molar-refractivity contribution in [2.45, 2.75) is 32.8 Å². The average Bonchev–Trinajstić information content (AvgIpc) is 3.15. The molecule has 0 bridgehead atoms. The Morgan fingerprint density at radius 2 is 1.87 bits per heavy atom. The van der Waals surface area contributed by atoms with Crippen molar-refractivity contribution < 1.29 is 38.7 Å². The molecule has 0 radical (unpaired) electrons. The van der Waals surface area contributed by atoms with Gasteiger partial charge in [0.2, 0.25) is 0 Å². The number of carboxylic acids is 1. The van der Waals surface area contributed by atoms with Crippen molar-refractivity contribution >= 4 is 12.1 Å². The topological polar surface area (TPSA) is 115 Å². The van der Waals surface area contributed by atoms with Crippen LogP contribution in [-0.2, 0) is 9.53 Å². The molecule has 9 heteroatoms. The highest BCUT2D eigenvalue weighted by molar-refractivity contribution is 5.73. The molecule has 0 spiro atoms. The summed E-state index contributed by atoms with van der Waals surface area (Å²) >= 11 is 0. The summed E-state index contributed by atoms with van der Waals surface area (Å²) in [7, 11) is 3.20. The molecule has 1 fully saturated rings. The number of rotatable bonds is 12. The number of carboxylic acid groups (broad SMARTS) is 2. The van der Waals surface area contributed by atoms with Crippen molar-refractivity contribution in [2.75, 3.05) is 40.5 Å². The third-order valence-corrected chi connectivity index (χ3v) is 5.48. The minimum Gasteiger partial charge on any atom is -0.493 e. The summed E-state index contributed by atoms with van der Waals surface area (Å²) in [6, 6.07) is 5.30. The quantitative estimate of drug-likeness (QED) is 0.477. The molecule has 2 rings (SSSR count). The SMILES string of the molecule is COCCCOc1cc(O[C@@H](C[C@H]2CN(C(=O)O)C[C@H]2C(=O)O)C(C)C)ccc1OC. The summed E-state index contributed by atoms with van der Waals surface area (Å²) in [4.78, 5) is 24.1. The standard InChI is InChI=1S/C22H33NO8/c1-14(2)19(10-15-12-23(22(26)27)13-17(15)21(24)25)31-16-6-7-18(29-4)20(11-16)30-9-5-8-28-3/h6-7,11,14-15,17,19H,5,8-10,12-13H2,1-4H3,(H,24,25)(H,26,27)/t15-,17+,19-/m0/s1. The van der Waals surface area contributed by atoms with Gasteiger partial charge in [0.25, 0.3) is 0 Å². The number of ether oxygens (including phenoxy) is 4. The van der Waals surface area contributed by atoms with Gasteiger partial charge in [0.05, 0.1) is 19.6 Å². The molecule has 2 N–H and O–H groups in total. The van der Waals surface area contributed by atoms with Gasteiger partial charge in [-0.1, -0.05) is 13.8 Å². The Labute approximate surface area is 182 Å². The largest absolute Gasteiger partial charge is 0.493 e. The zero-order valence-electron chi connectivity index (χ0n) is 18.6. The second kappa shape index (κ2) is 11.6. The molecular weight excluding hydrogens is 406 g/mol. The monoisotopic (exact) mass is 439 g/mol. The van der Waals surface area contributed by atoms with Gasteiger partial charge in [-0.3, -0.25) is 4.79 Å². The molecular formula is C22H33NO8. The van der Waals surface area contributed by atoms with Crippen molar-refractivity contribution in [3.63, 3.8) is 0 Å². The molecule has 1 amide bonds. The number of amides is 1. The molecule has 1 saturated heterocycles. The highest BCUT2D eigenvalue weighted by Crippen LogP contribution is 2.35. The average molecular weight is 440 g/mol. The molecule has 0 aliphatic carbocycles. The Morgan fingerprint density at radius 3 is 2.45 bits per heavy atom. The van der Waals surface area contributed by atoms with Crippen LogP contribution in [0.3, 0.4) is 0 Å². The van der Waals surface area contributed by atoms with Crippen LogP contribution in [0.5, 0.6) is 17.2 Å². The maximum Gasteiger partial charge on any atom is 0.407 e. The molecule has 1 aliphatic rings. The van der Waals surface area contributed by atoms with E-state index in [1.807, 2.05) is 13.8 Å². The lowest BCUT2D eigenvalue weighted by Crippen LogP contribution is -2.31. The van der Waals surface area contributed by atoms with Crippen LogP contribution in [0, 0.1) is 17.8 Å². The predicted molar refractivity (Wildman–Crippen MR) is 113 cm³/mol. The van der Waals surface area contributed by atoms with Gasteiger partial charge >= 0.3 is 12.1 Å². The number of carbonyl (C=O) groups is 2. The number of nitrogens with zero attached hydrogens (tertiary/aromatic N) is 1. The number of hydrogen-bond donors (Lipinski definition) is 2. The second-order valence-corrected chi connectivity index (χ2v) is 8.04. The van der Waals surface area contributed by atoms with Crippen LogP contribution >= 0.6 is 0 Å². The van der Waals surface area contributed by atoms with Crippen LogP contribution in [-0.4, -0.2) is 73.8 Å². The van der Waals surface area contributed by atoms with Gasteiger partial charge in [-0.2, -0.15) is 0 Å². The molecule has 174 valence electrons. The summed E-state index contributed by atoms with van der Waals surface area (Å²) in [6.45, 7) is 5.24. The van der Waals surface area contributed by atoms with Gasteiger partial charge in [0.15, 0.2) is 11.5 Å². The summed E-state index contributed by atoms with van der Waals surface area (Å²) < 4.78 is 22.4. The minimum absolute atomic E-state index is 0.00213. The van der Waals surface area contributed by atoms with Crippen LogP contribution in [0.15, 0.2) is 18.2 Å². The van der Waals surface area contributed by atoms with Gasteiger partial charge < -0.3 is 34.1 Å². The first-order valence-electron chi connectivity index (χ1n) is 10.4. The van der Waals surface area contributed by atoms with Gasteiger partial charge in [-0.15, -0.1) is 0 Å². The zero-order chi connectivity index (χ0) is 23.0. The highest BCUT2D eigenvalue weighted by atomic mass is 16.5. The highest BCUT2D eigenvalue weighted by Gasteiger charge is 2.41. The second-order valence-electron chi connectivity index (χ2n) is 8.04. The Morgan fingerprint density at radius 1 is 1.13 bits per heavy atom. The minimum atomic E-state index is -1.10. The van der Waals surface area contributed by atoms with Crippen molar-refractivity contribution in [1.29, 1.82) is 0 Å². The third kappa shape index (κ3) is 6.92. The summed E-state index contributed by atoms with van der Waals surface area (Å²) in [5, 5.41) is 18.8. The molecule has 1 aromatic carbocycles. The number of benzene rings is 1. The van der Waals surface area contributed by atoms with Crippen LogP contribution in [0.25, 0.3) is 0 Å². The van der Waals surface area contributed by atoms with Crippen molar-refractivity contribution in [3.05, 3.63) is 18.2 Å². The Kier molecular flexibility index (Phi) is 9.23. The van der Waals surface area contributed by atoms with Gasteiger partial charge in [0.1, 0.15) is 11.9 Å². The lowest BCUT2D eigenvalue weighted by Gasteiger charge is -2.27. The summed E-state index contributed by atoms with van der Waals surface area (Å²) in [5.41, 5.74) is 0. The maximum absolute atomic E-state index is 11.7. The van der Waals surface area contributed by atoms with E-state index in [-0.39, 0.29) is 31.0 Å². The van der Waals surface area contributed by atoms with Crippen LogP contribution in [0.4, 0.5) is 4.79 Å². The number of hydrogen-bond acceptors (Lipinski definition) is 6. The van der Waals surface area contributed by atoms with Crippen molar-refractivity contribution in [1.82, 2.24) is 4.90 Å². The first-order chi connectivity index (χ1) is 14.8. The fourth-order valence-electron chi connectivity index (χ4n) is 3.70. The van der Waals surface area contributed by atoms with E-state index in [2.05, 4.69) is 0 Å². The molecule has 31 heavy (non-hydrogen) atoms. The summed E-state index contributed by atoms with van der Waals surface area (Å²) in [6.07, 6.45) is -0.205. The zero-order valence-corrected chi connectivity index (χ0v) is 18.6. The van der Waals surface area contributed by atoms with E-state index < -0.39 is 18.0 Å². The molecule has 0 unspecified atom stereocenters. The number of methoxy groups -OCH3 is 2. The lowest BCUT2D eigenvalue weighted by atomic mass is 9.87. The molecule has 9 nitrogen and oxygen atoms in total. The lowest BCUT2D eigenvalue weighted by molar-refractivity contribution is -0.142. The molecule has 0 aromatic heterocycles. The Balaban J connectivity index is 2.11. The third-order valence-electron chi connectivity index (χ3n) is 5.48. The van der Waals surface area contributed by atoms with E-state index in [9.17, 15) is 19.8 Å². The van der Waals surface area contributed by atoms with Gasteiger partial charge in [-0.05, 0) is 30.4 Å². The van der Waals surface area contributed by atoms with Gasteiger partial charge in [-0.25, -0.2) is 4.79 Å². The first kappa shape index (κ1) is 24.6. The Hall–Kier alpha value is -2.68. The maximum atomic E-state index is 11.7. The van der Waals surface area contributed by atoms with E-state index in [0.717, 1.165) is 6.42 Å². The number of aliphatic carboxylic acids is 1.